The predicted molar refractivity (Wildman–Crippen MR) is 57.3 cm³/mol. The molecule has 3 heterocycles. The molecule has 2 aliphatic rings. The Morgan fingerprint density at radius 3 is 2.56 bits per heavy atom. The van der Waals surface area contributed by atoms with Crippen LogP contribution in [-0.2, 0) is 10.0 Å². The van der Waals surface area contributed by atoms with Gasteiger partial charge in [0.15, 0.2) is 0 Å². The maximum atomic E-state index is 12.1. The van der Waals surface area contributed by atoms with Gasteiger partial charge < -0.3 is 9.73 Å². The van der Waals surface area contributed by atoms with Gasteiger partial charge in [-0.05, 0) is 37.1 Å². The summed E-state index contributed by atoms with van der Waals surface area (Å²) < 4.78 is 30.8. The second-order valence-electron chi connectivity index (χ2n) is 4.43. The number of furan rings is 1. The molecule has 16 heavy (non-hydrogen) atoms. The molecular weight excluding hydrogens is 228 g/mol. The van der Waals surface area contributed by atoms with Gasteiger partial charge in [0, 0.05) is 13.1 Å². The van der Waals surface area contributed by atoms with E-state index in [1.807, 2.05) is 0 Å². The zero-order chi connectivity index (χ0) is 11.2. The molecule has 6 heteroatoms. The van der Waals surface area contributed by atoms with Crippen LogP contribution in [0.4, 0.5) is 0 Å². The summed E-state index contributed by atoms with van der Waals surface area (Å²) in [4.78, 5) is 0. The number of hydrogen-bond acceptors (Lipinski definition) is 4. The van der Waals surface area contributed by atoms with Gasteiger partial charge in [-0.15, -0.1) is 0 Å². The number of fused-ring (bicyclic) bond motifs is 1. The summed E-state index contributed by atoms with van der Waals surface area (Å²) in [5.74, 6) is 0.925. The summed E-state index contributed by atoms with van der Waals surface area (Å²) in [5.41, 5.74) is 0. The van der Waals surface area contributed by atoms with E-state index in [0.29, 0.717) is 24.9 Å². The molecule has 2 aliphatic heterocycles. The molecule has 0 bridgehead atoms. The lowest BCUT2D eigenvalue weighted by Gasteiger charge is -2.15. The molecule has 5 nitrogen and oxygen atoms in total. The van der Waals surface area contributed by atoms with Crippen molar-refractivity contribution in [3.8, 4) is 0 Å². The van der Waals surface area contributed by atoms with Crippen LogP contribution in [0.3, 0.4) is 0 Å². The van der Waals surface area contributed by atoms with Gasteiger partial charge in [-0.3, -0.25) is 0 Å². The first kappa shape index (κ1) is 10.3. The zero-order valence-electron chi connectivity index (χ0n) is 8.80. The molecule has 0 unspecified atom stereocenters. The van der Waals surface area contributed by atoms with Crippen LogP contribution in [-0.4, -0.2) is 38.9 Å². The van der Waals surface area contributed by atoms with E-state index in [9.17, 15) is 8.42 Å². The normalized spacial score (nSPS) is 30.8. The fourth-order valence-electron chi connectivity index (χ4n) is 2.55. The summed E-state index contributed by atoms with van der Waals surface area (Å²) in [6.07, 6.45) is 1.39. The van der Waals surface area contributed by atoms with Crippen LogP contribution in [0.15, 0.2) is 27.9 Å². The van der Waals surface area contributed by atoms with Crippen molar-refractivity contribution >= 4 is 10.0 Å². The Bertz CT molecular complexity index is 456. The largest absolute Gasteiger partial charge is 0.452 e. The second-order valence-corrected chi connectivity index (χ2v) is 6.30. The molecule has 1 aromatic rings. The summed E-state index contributed by atoms with van der Waals surface area (Å²) in [6.45, 7) is 3.07. The Morgan fingerprint density at radius 1 is 1.31 bits per heavy atom. The van der Waals surface area contributed by atoms with Crippen molar-refractivity contribution in [2.24, 2.45) is 11.8 Å². The van der Waals surface area contributed by atoms with E-state index in [4.69, 9.17) is 4.42 Å². The van der Waals surface area contributed by atoms with Crippen molar-refractivity contribution in [1.29, 1.82) is 0 Å². The first-order valence-corrected chi connectivity index (χ1v) is 6.86. The van der Waals surface area contributed by atoms with Crippen LogP contribution in [0.25, 0.3) is 0 Å². The molecule has 2 fully saturated rings. The topological polar surface area (TPSA) is 62.6 Å². The number of nitrogens with zero attached hydrogens (tertiary/aromatic N) is 1. The van der Waals surface area contributed by atoms with Gasteiger partial charge in [0.25, 0.3) is 10.0 Å². The third kappa shape index (κ3) is 1.49. The standard InChI is InChI=1S/C10H14N2O3S/c13-16(14,10-2-1-3-15-10)12-6-8-4-11-5-9(8)7-12/h1-3,8-9,11H,4-7H2/t8-,9+. The molecule has 0 aromatic carbocycles. The highest BCUT2D eigenvalue weighted by Crippen LogP contribution is 2.30. The minimum Gasteiger partial charge on any atom is -0.452 e. The summed E-state index contributed by atoms with van der Waals surface area (Å²) in [7, 11) is -3.40. The second kappa shape index (κ2) is 3.58. The highest BCUT2D eigenvalue weighted by Gasteiger charge is 2.42. The predicted octanol–water partition coefficient (Wildman–Crippen LogP) is 0.120. The molecule has 0 spiro atoms. The van der Waals surface area contributed by atoms with E-state index >= 15 is 0 Å². The lowest BCUT2D eigenvalue weighted by Crippen LogP contribution is -2.31. The van der Waals surface area contributed by atoms with Gasteiger partial charge in [-0.25, -0.2) is 8.42 Å². The Kier molecular flexibility index (Phi) is 2.31. The quantitative estimate of drug-likeness (QED) is 0.800. The Morgan fingerprint density at radius 2 is 2.00 bits per heavy atom. The molecule has 2 saturated heterocycles. The molecule has 0 aliphatic carbocycles. The fourth-order valence-corrected chi connectivity index (χ4v) is 4.00. The van der Waals surface area contributed by atoms with E-state index in [1.165, 1.54) is 12.3 Å². The highest BCUT2D eigenvalue weighted by atomic mass is 32.2. The van der Waals surface area contributed by atoms with Crippen molar-refractivity contribution in [2.75, 3.05) is 26.2 Å². The lowest BCUT2D eigenvalue weighted by molar-refractivity contribution is 0.400. The minimum atomic E-state index is -3.40. The van der Waals surface area contributed by atoms with Gasteiger partial charge in [-0.1, -0.05) is 0 Å². The third-order valence-electron chi connectivity index (χ3n) is 3.45. The van der Waals surface area contributed by atoms with Gasteiger partial charge in [0.2, 0.25) is 5.09 Å². The number of rotatable bonds is 2. The van der Waals surface area contributed by atoms with Crippen molar-refractivity contribution in [3.63, 3.8) is 0 Å². The molecule has 0 radical (unpaired) electrons. The lowest BCUT2D eigenvalue weighted by atomic mass is 10.0. The summed E-state index contributed by atoms with van der Waals surface area (Å²) >= 11 is 0. The summed E-state index contributed by atoms with van der Waals surface area (Å²) in [5, 5.41) is 3.34. The van der Waals surface area contributed by atoms with E-state index in [0.717, 1.165) is 13.1 Å². The van der Waals surface area contributed by atoms with Crippen LogP contribution < -0.4 is 5.32 Å². The first-order chi connectivity index (χ1) is 7.68. The van der Waals surface area contributed by atoms with Crippen LogP contribution in [0.1, 0.15) is 0 Å². The van der Waals surface area contributed by atoms with E-state index in [1.54, 1.807) is 10.4 Å². The molecule has 1 N–H and O–H groups in total. The van der Waals surface area contributed by atoms with Gasteiger partial charge in [0.1, 0.15) is 0 Å². The van der Waals surface area contributed by atoms with Crippen LogP contribution in [0.2, 0.25) is 0 Å². The minimum absolute atomic E-state index is 0.0560. The molecular formula is C10H14N2O3S. The highest BCUT2D eigenvalue weighted by molar-refractivity contribution is 7.89. The molecule has 88 valence electrons. The SMILES string of the molecule is O=S(=O)(c1ccco1)N1C[C@H]2CNC[C@H]2C1. The van der Waals surface area contributed by atoms with Gasteiger partial charge in [-0.2, -0.15) is 4.31 Å². The fraction of sp³-hybridized carbons (Fsp3) is 0.600. The third-order valence-corrected chi connectivity index (χ3v) is 5.16. The number of hydrogen-bond donors (Lipinski definition) is 1. The molecule has 0 saturated carbocycles. The number of sulfonamides is 1. The molecule has 0 amide bonds. The van der Waals surface area contributed by atoms with Crippen LogP contribution in [0.5, 0.6) is 0 Å². The maximum absolute atomic E-state index is 12.1. The Hall–Kier alpha value is -0.850. The van der Waals surface area contributed by atoms with Crippen molar-refractivity contribution in [1.82, 2.24) is 9.62 Å². The van der Waals surface area contributed by atoms with Crippen LogP contribution in [0, 0.1) is 11.8 Å². The average Bonchev–Trinajstić information content (AvgIpc) is 2.94. The van der Waals surface area contributed by atoms with E-state index < -0.39 is 10.0 Å². The monoisotopic (exact) mass is 242 g/mol. The molecule has 3 rings (SSSR count). The maximum Gasteiger partial charge on any atom is 0.276 e. The van der Waals surface area contributed by atoms with Gasteiger partial charge >= 0.3 is 0 Å². The smallest absolute Gasteiger partial charge is 0.276 e. The first-order valence-electron chi connectivity index (χ1n) is 5.42. The Balaban J connectivity index is 1.85. The number of nitrogens with one attached hydrogen (secondary N) is 1. The van der Waals surface area contributed by atoms with Crippen LogP contribution >= 0.6 is 0 Å². The zero-order valence-corrected chi connectivity index (χ0v) is 9.61. The van der Waals surface area contributed by atoms with E-state index in [2.05, 4.69) is 5.32 Å². The summed E-state index contributed by atoms with van der Waals surface area (Å²) in [6, 6.07) is 3.10. The van der Waals surface area contributed by atoms with E-state index in [-0.39, 0.29) is 5.09 Å². The molecule has 2 atom stereocenters. The molecule has 1 aromatic heterocycles. The van der Waals surface area contributed by atoms with Crippen molar-refractivity contribution in [2.45, 2.75) is 5.09 Å². The van der Waals surface area contributed by atoms with Crippen molar-refractivity contribution < 1.29 is 12.8 Å². The van der Waals surface area contributed by atoms with Crippen molar-refractivity contribution in [3.05, 3.63) is 18.4 Å². The Labute approximate surface area is 94.5 Å². The average molecular weight is 242 g/mol. The van der Waals surface area contributed by atoms with Gasteiger partial charge in [0.05, 0.1) is 6.26 Å².